The van der Waals surface area contributed by atoms with E-state index in [4.69, 9.17) is 61.3 Å². The van der Waals surface area contributed by atoms with Crippen LogP contribution >= 0.6 is 24.0 Å². The van der Waals surface area contributed by atoms with Gasteiger partial charge in [-0.2, -0.15) is 10.2 Å². The Morgan fingerprint density at radius 1 is 0.641 bits per heavy atom. The smallest absolute Gasteiger partial charge is 0.410 e. The van der Waals surface area contributed by atoms with Crippen LogP contribution in [0.3, 0.4) is 0 Å². The van der Waals surface area contributed by atoms with Gasteiger partial charge in [-0.25, -0.2) is 38.9 Å². The highest BCUT2D eigenvalue weighted by Crippen LogP contribution is 2.35. The van der Waals surface area contributed by atoms with Gasteiger partial charge in [-0.1, -0.05) is 19.2 Å². The number of aromatic nitrogens is 8. The van der Waals surface area contributed by atoms with Crippen LogP contribution in [-0.4, -0.2) is 183 Å². The number of fused-ring (bicyclic) bond motifs is 2. The van der Waals surface area contributed by atoms with Crippen molar-refractivity contribution in [2.24, 2.45) is 4.99 Å². The number of thioether (sulfide) groups is 1. The van der Waals surface area contributed by atoms with E-state index in [0.717, 1.165) is 113 Å². The number of hydrogen-bond donors (Lipinski definition) is 3. The molecular weight excluding hydrogens is 1030 g/mol. The molecule has 4 aromatic heterocycles. The van der Waals surface area contributed by atoms with Crippen molar-refractivity contribution in [1.82, 2.24) is 54.6 Å². The van der Waals surface area contributed by atoms with Crippen LogP contribution in [0.15, 0.2) is 65.9 Å². The van der Waals surface area contributed by atoms with E-state index in [2.05, 4.69) is 30.7 Å². The van der Waals surface area contributed by atoms with Crippen molar-refractivity contribution in [3.63, 3.8) is 0 Å². The van der Waals surface area contributed by atoms with Crippen molar-refractivity contribution in [3.8, 4) is 22.8 Å². The van der Waals surface area contributed by atoms with Crippen LogP contribution in [-0.2, 0) is 18.9 Å². The maximum Gasteiger partial charge on any atom is 0.410 e. The zero-order valence-corrected chi connectivity index (χ0v) is 46.6. The fourth-order valence-electron chi connectivity index (χ4n) is 9.71. The first kappa shape index (κ1) is 57.3. The molecule has 24 heteroatoms. The first-order valence-electron chi connectivity index (χ1n) is 26.4. The Hall–Kier alpha value is -6.89. The number of likely N-dealkylation sites (tertiary alicyclic amines) is 2. The Morgan fingerprint density at radius 2 is 1.04 bits per heavy atom. The van der Waals surface area contributed by atoms with E-state index < -0.39 is 0 Å². The van der Waals surface area contributed by atoms with Gasteiger partial charge < -0.3 is 54.5 Å². The summed E-state index contributed by atoms with van der Waals surface area (Å²) in [6.45, 7) is 15.7. The number of nitrogens with one attached hydrogen (secondary N) is 3. The highest BCUT2D eigenvalue weighted by atomic mass is 32.2. The number of nitrogens with zero attached hydrogens (tertiary/aromatic N) is 13. The highest BCUT2D eigenvalue weighted by molar-refractivity contribution is 8.13. The summed E-state index contributed by atoms with van der Waals surface area (Å²) in [5.74, 6) is 3.05. The second-order valence-electron chi connectivity index (χ2n) is 19.6. The third kappa shape index (κ3) is 13.7. The number of amides is 2. The summed E-state index contributed by atoms with van der Waals surface area (Å²) < 4.78 is 26.0. The summed E-state index contributed by atoms with van der Waals surface area (Å²) in [4.78, 5) is 57.1. The molecule has 4 aliphatic rings. The second kappa shape index (κ2) is 26.6. The summed E-state index contributed by atoms with van der Waals surface area (Å²) in [5.41, 5.74) is 5.29. The molecule has 4 fully saturated rings. The minimum absolute atomic E-state index is 0. The lowest BCUT2D eigenvalue weighted by Gasteiger charge is -2.32. The van der Waals surface area contributed by atoms with Crippen molar-refractivity contribution in [2.75, 3.05) is 120 Å². The number of thiocarbonyl (C=S) groups is 1. The van der Waals surface area contributed by atoms with E-state index in [9.17, 15) is 9.59 Å². The average molecular weight is 1110 g/mol. The van der Waals surface area contributed by atoms with Crippen LogP contribution < -0.4 is 25.8 Å². The molecule has 0 aliphatic carbocycles. The van der Waals surface area contributed by atoms with E-state index in [1.807, 2.05) is 104 Å². The molecule has 22 nitrogen and oxygen atoms in total. The van der Waals surface area contributed by atoms with Crippen LogP contribution in [0.1, 0.15) is 72.9 Å². The molecule has 4 aliphatic heterocycles. The molecule has 0 saturated carbocycles. The Morgan fingerprint density at radius 3 is 1.40 bits per heavy atom. The van der Waals surface area contributed by atoms with E-state index >= 15 is 0 Å². The van der Waals surface area contributed by atoms with Crippen LogP contribution in [0.5, 0.6) is 0 Å². The Balaban J connectivity index is 0.000000203. The molecule has 6 aromatic rings. The first-order valence-corrected chi connectivity index (χ1v) is 28.1. The topological polar surface area (TPSA) is 220 Å². The normalized spacial score (nSPS) is 16.7. The van der Waals surface area contributed by atoms with Gasteiger partial charge in [0, 0.05) is 89.0 Å². The standard InChI is InChI=1S/C27H36N8O3S.C26H34N8O3S.CH4/c1-18(2)38-27(36)34-11-9-21(10-12-34)35-25-22(17-29-35)24(33-13-15-37-16-14-33)31-23(32-25)19-5-7-20(8-6-19)30-26(28-3)39-4;1-17(2)37-26(35)33-10-8-20(9-11-33)34-24-21(16-28-34)23(32-12-14-36-15-13-32)30-22(31-24)18-4-6-19(7-5-18)29-25(38)27-3;/h5-8,17-18,21H,9-16H2,1-4H3,(H,28,30);4-7,16-17,20H,8-15H2,1-3H3,(H2,27,29,38);1H4. The summed E-state index contributed by atoms with van der Waals surface area (Å²) in [7, 11) is 3.55. The fourth-order valence-corrected chi connectivity index (χ4v) is 10.2. The molecule has 0 spiro atoms. The number of morpholine rings is 2. The number of benzene rings is 2. The second-order valence-corrected chi connectivity index (χ2v) is 20.8. The molecule has 78 heavy (non-hydrogen) atoms. The first-order chi connectivity index (χ1) is 37.4. The predicted octanol–water partition coefficient (Wildman–Crippen LogP) is 8.34. The van der Waals surface area contributed by atoms with Crippen LogP contribution in [0.2, 0.25) is 0 Å². The molecule has 418 valence electrons. The number of carbonyl (C=O) groups excluding carboxylic acids is 2. The molecule has 0 atom stereocenters. The predicted molar refractivity (Wildman–Crippen MR) is 313 cm³/mol. The number of piperidine rings is 2. The minimum Gasteiger partial charge on any atom is -0.447 e. The van der Waals surface area contributed by atoms with Gasteiger partial charge >= 0.3 is 12.2 Å². The number of amidine groups is 1. The minimum atomic E-state index is -0.253. The van der Waals surface area contributed by atoms with Crippen molar-refractivity contribution >= 4 is 91.5 Å². The average Bonchev–Trinajstić information content (AvgIpc) is 4.14. The monoisotopic (exact) mass is 1110 g/mol. The van der Waals surface area contributed by atoms with Gasteiger partial charge in [-0.3, -0.25) is 4.99 Å². The van der Waals surface area contributed by atoms with Gasteiger partial charge in [0.15, 0.2) is 33.2 Å². The molecule has 0 bridgehead atoms. The Labute approximate surface area is 466 Å². The fraction of sp³-hybridized carbons (Fsp3) is 0.519. The number of rotatable bonds is 10. The molecular formula is C54H74N16O6S2. The molecule has 8 heterocycles. The lowest BCUT2D eigenvalue weighted by molar-refractivity contribution is 0.0647. The Bertz CT molecular complexity index is 3000. The molecule has 0 unspecified atom stereocenters. The van der Waals surface area contributed by atoms with E-state index in [-0.39, 0.29) is 43.9 Å². The number of aliphatic imine (C=N–C) groups is 1. The molecule has 3 N–H and O–H groups in total. The Kier molecular flexibility index (Phi) is 19.6. The summed E-state index contributed by atoms with van der Waals surface area (Å²) in [6, 6.07) is 16.3. The zero-order valence-electron chi connectivity index (χ0n) is 45.0. The van der Waals surface area contributed by atoms with Gasteiger partial charge in [0.1, 0.15) is 11.6 Å². The summed E-state index contributed by atoms with van der Waals surface area (Å²) in [6.07, 6.45) is 8.11. The van der Waals surface area contributed by atoms with Gasteiger partial charge in [0.05, 0.1) is 73.9 Å². The van der Waals surface area contributed by atoms with Crippen molar-refractivity contribution in [2.45, 2.75) is 85.1 Å². The molecule has 2 aromatic carbocycles. The summed E-state index contributed by atoms with van der Waals surface area (Å²) in [5, 5.41) is 22.2. The van der Waals surface area contributed by atoms with Gasteiger partial charge in [-0.05, 0) is 120 Å². The maximum atomic E-state index is 12.4. The highest BCUT2D eigenvalue weighted by Gasteiger charge is 2.31. The molecule has 0 radical (unpaired) electrons. The van der Waals surface area contributed by atoms with Crippen LogP contribution in [0.4, 0.5) is 32.6 Å². The van der Waals surface area contributed by atoms with E-state index in [1.165, 1.54) is 0 Å². The number of anilines is 4. The van der Waals surface area contributed by atoms with Gasteiger partial charge in [-0.15, -0.1) is 0 Å². The van der Waals surface area contributed by atoms with Crippen molar-refractivity contribution in [1.29, 1.82) is 0 Å². The van der Waals surface area contributed by atoms with E-state index in [1.54, 1.807) is 35.7 Å². The quantitative estimate of drug-likeness (QED) is 0.0667. The number of hydrogen-bond acceptors (Lipinski definition) is 17. The summed E-state index contributed by atoms with van der Waals surface area (Å²) >= 11 is 6.78. The molecule has 10 rings (SSSR count). The lowest BCUT2D eigenvalue weighted by Crippen LogP contribution is -2.40. The van der Waals surface area contributed by atoms with Crippen molar-refractivity contribution in [3.05, 3.63) is 60.9 Å². The number of ether oxygens (including phenoxy) is 4. The van der Waals surface area contributed by atoms with Gasteiger partial charge in [0.2, 0.25) is 0 Å². The van der Waals surface area contributed by atoms with Crippen LogP contribution in [0.25, 0.3) is 44.8 Å². The lowest BCUT2D eigenvalue weighted by atomic mass is 10.1. The van der Waals surface area contributed by atoms with E-state index in [0.29, 0.717) is 69.4 Å². The number of carbonyl (C=O) groups is 2. The molecule has 2 amide bonds. The largest absolute Gasteiger partial charge is 0.447 e. The third-order valence-corrected chi connectivity index (χ3v) is 14.7. The third-order valence-electron chi connectivity index (χ3n) is 13.7. The molecule has 4 saturated heterocycles. The van der Waals surface area contributed by atoms with Crippen molar-refractivity contribution < 1.29 is 28.5 Å². The zero-order chi connectivity index (χ0) is 54.0. The van der Waals surface area contributed by atoms with Gasteiger partial charge in [0.25, 0.3) is 0 Å². The SMILES string of the molecule is C.CN=C(Nc1ccc(-c2nc(N3CCOCC3)c3cnn(C4CCN(C(=O)OC(C)C)CC4)c3n2)cc1)SC.CNC(=S)Nc1ccc(-c2nc(N3CCOCC3)c3cnn(C4CCN(C(=O)OC(C)C)CC4)c3n2)cc1. The maximum absolute atomic E-state index is 12.4. The van der Waals surface area contributed by atoms with Crippen LogP contribution in [0, 0.1) is 0 Å².